The maximum atomic E-state index is 12.8. The number of ether oxygens (including phenoxy) is 1. The first-order chi connectivity index (χ1) is 12.1. The van der Waals surface area contributed by atoms with Crippen molar-refractivity contribution in [3.05, 3.63) is 36.2 Å². The molecule has 1 aromatic carbocycles. The average Bonchev–Trinajstić information content (AvgIpc) is 3.29. The van der Waals surface area contributed by atoms with Gasteiger partial charge in [0.15, 0.2) is 0 Å². The van der Waals surface area contributed by atoms with Crippen molar-refractivity contribution in [2.45, 2.75) is 6.42 Å². The highest BCUT2D eigenvalue weighted by molar-refractivity contribution is 5.95. The molecule has 0 spiro atoms. The van der Waals surface area contributed by atoms with Gasteiger partial charge in [-0.05, 0) is 41.1 Å². The summed E-state index contributed by atoms with van der Waals surface area (Å²) in [6.07, 6.45) is 1.91. The smallest absolute Gasteiger partial charge is 0.311 e. The van der Waals surface area contributed by atoms with E-state index in [4.69, 9.17) is 4.74 Å². The van der Waals surface area contributed by atoms with Gasteiger partial charge in [-0.15, -0.1) is 5.10 Å². The van der Waals surface area contributed by atoms with Crippen LogP contribution in [0.25, 0.3) is 5.69 Å². The number of carbonyl (C=O) groups is 2. The van der Waals surface area contributed by atoms with Gasteiger partial charge in [-0.25, -0.2) is 4.68 Å². The van der Waals surface area contributed by atoms with Crippen molar-refractivity contribution in [3.8, 4) is 5.69 Å². The molecular weight excluding hydrogens is 326 g/mol. The molecule has 0 saturated carbocycles. The van der Waals surface area contributed by atoms with Crippen LogP contribution in [0.2, 0.25) is 0 Å². The van der Waals surface area contributed by atoms with Gasteiger partial charge < -0.3 is 14.7 Å². The zero-order valence-electron chi connectivity index (χ0n) is 13.4. The van der Waals surface area contributed by atoms with E-state index in [1.807, 2.05) is 0 Å². The van der Waals surface area contributed by atoms with Crippen molar-refractivity contribution in [1.82, 2.24) is 25.1 Å². The number of likely N-dealkylation sites (tertiary alicyclic amines) is 1. The highest BCUT2D eigenvalue weighted by Crippen LogP contribution is 2.42. The molecule has 3 heterocycles. The third kappa shape index (κ3) is 2.56. The van der Waals surface area contributed by atoms with Crippen LogP contribution in [0.5, 0.6) is 0 Å². The molecule has 2 aliphatic rings. The van der Waals surface area contributed by atoms with Gasteiger partial charge in [-0.3, -0.25) is 9.59 Å². The Morgan fingerprint density at radius 3 is 2.72 bits per heavy atom. The third-order valence-electron chi connectivity index (χ3n) is 5.15. The lowest BCUT2D eigenvalue weighted by Crippen LogP contribution is -2.45. The number of fused-ring (bicyclic) bond motifs is 1. The Morgan fingerprint density at radius 2 is 2.08 bits per heavy atom. The summed E-state index contributed by atoms with van der Waals surface area (Å²) in [6, 6.07) is 6.90. The molecule has 2 atom stereocenters. The second-order valence-corrected chi connectivity index (χ2v) is 6.47. The van der Waals surface area contributed by atoms with Crippen molar-refractivity contribution in [3.63, 3.8) is 0 Å². The summed E-state index contributed by atoms with van der Waals surface area (Å²) < 4.78 is 6.92. The van der Waals surface area contributed by atoms with Crippen LogP contribution in [0.4, 0.5) is 0 Å². The number of amides is 1. The minimum absolute atomic E-state index is 0.164. The Balaban J connectivity index is 1.54. The van der Waals surface area contributed by atoms with E-state index < -0.39 is 11.4 Å². The number of carbonyl (C=O) groups excluding carboxylic acids is 1. The second-order valence-electron chi connectivity index (χ2n) is 6.47. The van der Waals surface area contributed by atoms with Gasteiger partial charge in [0.05, 0.1) is 17.7 Å². The summed E-state index contributed by atoms with van der Waals surface area (Å²) in [7, 11) is 0. The van der Waals surface area contributed by atoms with E-state index in [0.29, 0.717) is 31.7 Å². The van der Waals surface area contributed by atoms with Crippen LogP contribution in [-0.4, -0.2) is 68.4 Å². The van der Waals surface area contributed by atoms with Crippen LogP contribution in [0.1, 0.15) is 16.8 Å². The molecule has 0 bridgehead atoms. The molecule has 2 saturated heterocycles. The van der Waals surface area contributed by atoms with Gasteiger partial charge in [-0.2, -0.15) is 0 Å². The van der Waals surface area contributed by atoms with E-state index in [2.05, 4.69) is 15.5 Å². The maximum Gasteiger partial charge on any atom is 0.311 e. The van der Waals surface area contributed by atoms with Gasteiger partial charge in [-0.1, -0.05) is 0 Å². The summed E-state index contributed by atoms with van der Waals surface area (Å²) in [5.74, 6) is -1.17. The van der Waals surface area contributed by atoms with Crippen molar-refractivity contribution < 1.29 is 19.4 Å². The molecule has 1 N–H and O–H groups in total. The minimum Gasteiger partial charge on any atom is -0.481 e. The number of nitrogens with zero attached hydrogens (tertiary/aromatic N) is 5. The standard InChI is InChI=1S/C16H17N5O4/c22-14(11-1-3-13(4-2-11)21-10-17-18-19-21)20-7-12-8-25-6-5-16(12,9-20)15(23)24/h1-4,10,12H,5-9H2,(H,23,24)/t12-,16+/m0/s1. The van der Waals surface area contributed by atoms with Crippen LogP contribution in [0.3, 0.4) is 0 Å². The first-order valence-electron chi connectivity index (χ1n) is 8.04. The summed E-state index contributed by atoms with van der Waals surface area (Å²) in [6.45, 7) is 1.43. The SMILES string of the molecule is O=C(c1ccc(-n2cnnn2)cc1)N1C[C@H]2COCC[C@@]2(C(=O)O)C1. The lowest BCUT2D eigenvalue weighted by molar-refractivity contribution is -0.157. The Hall–Kier alpha value is -2.81. The normalized spacial score (nSPS) is 25.6. The lowest BCUT2D eigenvalue weighted by Gasteiger charge is -2.33. The lowest BCUT2D eigenvalue weighted by atomic mass is 9.74. The average molecular weight is 343 g/mol. The van der Waals surface area contributed by atoms with Gasteiger partial charge in [0.2, 0.25) is 0 Å². The fourth-order valence-corrected chi connectivity index (χ4v) is 3.67. The molecule has 1 amide bonds. The number of hydrogen-bond donors (Lipinski definition) is 1. The number of carboxylic acids is 1. The summed E-state index contributed by atoms with van der Waals surface area (Å²) in [5.41, 5.74) is 0.365. The zero-order valence-corrected chi connectivity index (χ0v) is 13.4. The fourth-order valence-electron chi connectivity index (χ4n) is 3.67. The monoisotopic (exact) mass is 343 g/mol. The number of carboxylic acid groups (broad SMARTS) is 1. The summed E-state index contributed by atoms with van der Waals surface area (Å²) >= 11 is 0. The molecule has 4 rings (SSSR count). The van der Waals surface area contributed by atoms with E-state index in [9.17, 15) is 14.7 Å². The van der Waals surface area contributed by atoms with Crippen molar-refractivity contribution in [1.29, 1.82) is 0 Å². The van der Waals surface area contributed by atoms with E-state index >= 15 is 0 Å². The number of benzene rings is 1. The zero-order chi connectivity index (χ0) is 17.4. The molecule has 25 heavy (non-hydrogen) atoms. The van der Waals surface area contributed by atoms with Crippen LogP contribution in [0.15, 0.2) is 30.6 Å². The van der Waals surface area contributed by atoms with Crippen LogP contribution >= 0.6 is 0 Å². The molecule has 2 aromatic rings. The Bertz CT molecular complexity index is 791. The first kappa shape index (κ1) is 15.7. The van der Waals surface area contributed by atoms with Crippen molar-refractivity contribution >= 4 is 11.9 Å². The highest BCUT2D eigenvalue weighted by Gasteiger charge is 2.54. The largest absolute Gasteiger partial charge is 0.481 e. The molecule has 2 aliphatic heterocycles. The van der Waals surface area contributed by atoms with Gasteiger partial charge >= 0.3 is 5.97 Å². The van der Waals surface area contributed by atoms with E-state index in [1.165, 1.54) is 11.0 Å². The molecule has 130 valence electrons. The summed E-state index contributed by atoms with van der Waals surface area (Å²) in [5, 5.41) is 20.6. The predicted molar refractivity (Wildman–Crippen MR) is 84.1 cm³/mol. The predicted octanol–water partition coefficient (Wildman–Crippen LogP) is 0.226. The highest BCUT2D eigenvalue weighted by atomic mass is 16.5. The number of hydrogen-bond acceptors (Lipinski definition) is 6. The second kappa shape index (κ2) is 5.92. The topological polar surface area (TPSA) is 110 Å². The molecule has 2 fully saturated rings. The number of aliphatic carboxylic acids is 1. The minimum atomic E-state index is -0.889. The molecule has 0 aliphatic carbocycles. The van der Waals surface area contributed by atoms with Crippen LogP contribution < -0.4 is 0 Å². The Labute approximate surface area is 143 Å². The Kier molecular flexibility index (Phi) is 3.72. The summed E-state index contributed by atoms with van der Waals surface area (Å²) in [4.78, 5) is 26.2. The van der Waals surface area contributed by atoms with E-state index in [0.717, 1.165) is 5.69 Å². The molecule has 1 aromatic heterocycles. The molecule has 0 radical (unpaired) electrons. The fraction of sp³-hybridized carbons (Fsp3) is 0.438. The van der Waals surface area contributed by atoms with E-state index in [1.54, 1.807) is 29.2 Å². The Morgan fingerprint density at radius 1 is 1.28 bits per heavy atom. The van der Waals surface area contributed by atoms with Crippen LogP contribution in [0, 0.1) is 11.3 Å². The number of tetrazole rings is 1. The molecule has 9 nitrogen and oxygen atoms in total. The number of aromatic nitrogens is 4. The quantitative estimate of drug-likeness (QED) is 0.849. The molecule has 0 unspecified atom stereocenters. The van der Waals surface area contributed by atoms with Crippen LogP contribution in [-0.2, 0) is 9.53 Å². The van der Waals surface area contributed by atoms with Crippen molar-refractivity contribution in [2.75, 3.05) is 26.3 Å². The van der Waals surface area contributed by atoms with E-state index in [-0.39, 0.29) is 18.4 Å². The number of rotatable bonds is 3. The molecular formula is C16H17N5O4. The van der Waals surface area contributed by atoms with Gasteiger partial charge in [0.25, 0.3) is 5.91 Å². The third-order valence-corrected chi connectivity index (χ3v) is 5.15. The van der Waals surface area contributed by atoms with Gasteiger partial charge in [0.1, 0.15) is 6.33 Å². The molecule has 9 heteroatoms. The van der Waals surface area contributed by atoms with Crippen molar-refractivity contribution in [2.24, 2.45) is 11.3 Å². The first-order valence-corrected chi connectivity index (χ1v) is 8.04. The maximum absolute atomic E-state index is 12.8. The van der Waals surface area contributed by atoms with Gasteiger partial charge in [0, 0.05) is 31.2 Å².